The van der Waals surface area contributed by atoms with Crippen LogP contribution in [0.25, 0.3) is 6.08 Å². The molecule has 0 fully saturated rings. The average molecular weight is 351 g/mol. The second-order valence-corrected chi connectivity index (χ2v) is 7.30. The number of ether oxygens (including phenoxy) is 1. The Bertz CT molecular complexity index is 637. The van der Waals surface area contributed by atoms with Gasteiger partial charge in [-0.3, -0.25) is 4.79 Å². The van der Waals surface area contributed by atoms with Crippen molar-refractivity contribution in [1.29, 1.82) is 0 Å². The lowest BCUT2D eigenvalue weighted by Crippen LogP contribution is -2.21. The molecule has 1 aromatic rings. The van der Waals surface area contributed by atoms with Crippen molar-refractivity contribution in [2.24, 2.45) is 4.99 Å². The molecule has 124 valence electrons. The number of benzene rings is 1. The molecule has 0 bridgehead atoms. The Morgan fingerprint density at radius 2 is 2.04 bits per heavy atom. The Morgan fingerprint density at radius 3 is 2.65 bits per heavy atom. The van der Waals surface area contributed by atoms with E-state index in [4.69, 9.17) is 4.74 Å². The predicted octanol–water partition coefficient (Wildman–Crippen LogP) is 4.26. The zero-order chi connectivity index (χ0) is 16.8. The number of rotatable bonds is 6. The van der Waals surface area contributed by atoms with Gasteiger partial charge in [0.05, 0.1) is 7.11 Å². The molecular formula is C17H22N2O2S2. The van der Waals surface area contributed by atoms with E-state index >= 15 is 0 Å². The monoisotopic (exact) mass is 350 g/mol. The Kier molecular flexibility index (Phi) is 6.59. The molecule has 6 heteroatoms. The number of nitrogens with zero attached hydrogens (tertiary/aromatic N) is 2. The van der Waals surface area contributed by atoms with E-state index in [9.17, 15) is 4.79 Å². The van der Waals surface area contributed by atoms with E-state index in [0.717, 1.165) is 40.2 Å². The molecule has 0 radical (unpaired) electrons. The minimum absolute atomic E-state index is 0.00387. The van der Waals surface area contributed by atoms with E-state index in [1.165, 1.54) is 11.8 Å². The lowest BCUT2D eigenvalue weighted by atomic mass is 10.1. The van der Waals surface area contributed by atoms with E-state index in [-0.39, 0.29) is 5.12 Å². The molecule has 0 amide bonds. The number of methoxy groups -OCH3 is 1. The molecular weight excluding hydrogens is 328 g/mol. The molecule has 0 saturated heterocycles. The first-order chi connectivity index (χ1) is 11.1. The summed E-state index contributed by atoms with van der Waals surface area (Å²) in [5, 5.41) is -0.00387. The fourth-order valence-corrected chi connectivity index (χ4v) is 4.06. The molecule has 0 N–H and O–H groups in total. The van der Waals surface area contributed by atoms with E-state index in [2.05, 4.69) is 36.7 Å². The number of hydrogen-bond acceptors (Lipinski definition) is 6. The van der Waals surface area contributed by atoms with Crippen LogP contribution in [0.4, 0.5) is 5.69 Å². The zero-order valence-electron chi connectivity index (χ0n) is 14.0. The van der Waals surface area contributed by atoms with Gasteiger partial charge in [-0.15, -0.1) is 0 Å². The van der Waals surface area contributed by atoms with E-state index < -0.39 is 0 Å². The normalized spacial score (nSPS) is 15.9. The van der Waals surface area contributed by atoms with Crippen LogP contribution in [0.3, 0.4) is 0 Å². The first kappa shape index (κ1) is 17.9. The van der Waals surface area contributed by atoms with E-state index in [0.29, 0.717) is 5.70 Å². The van der Waals surface area contributed by atoms with Crippen molar-refractivity contribution in [3.05, 3.63) is 29.5 Å². The van der Waals surface area contributed by atoms with Gasteiger partial charge in [0.1, 0.15) is 15.8 Å². The molecule has 0 atom stereocenters. The van der Waals surface area contributed by atoms with Gasteiger partial charge in [-0.1, -0.05) is 18.7 Å². The summed E-state index contributed by atoms with van der Waals surface area (Å²) in [6, 6.07) is 6.05. The maximum absolute atomic E-state index is 12.0. The molecule has 2 rings (SSSR count). The van der Waals surface area contributed by atoms with Gasteiger partial charge in [-0.2, -0.15) is 0 Å². The Morgan fingerprint density at radius 1 is 1.30 bits per heavy atom. The summed E-state index contributed by atoms with van der Waals surface area (Å²) in [6.07, 6.45) is 1.81. The Labute approximate surface area is 146 Å². The van der Waals surface area contributed by atoms with Gasteiger partial charge < -0.3 is 9.64 Å². The molecule has 0 unspecified atom stereocenters. The summed E-state index contributed by atoms with van der Waals surface area (Å²) in [5.74, 6) is 1.67. The molecule has 1 aromatic carbocycles. The van der Waals surface area contributed by atoms with Crippen LogP contribution in [0.2, 0.25) is 0 Å². The molecule has 0 aliphatic carbocycles. The summed E-state index contributed by atoms with van der Waals surface area (Å²) < 4.78 is 6.32. The van der Waals surface area contributed by atoms with Crippen molar-refractivity contribution in [1.82, 2.24) is 0 Å². The number of aliphatic imine (C=N–C) groups is 1. The summed E-state index contributed by atoms with van der Waals surface area (Å²) in [7, 11) is 1.65. The smallest absolute Gasteiger partial charge is 0.244 e. The summed E-state index contributed by atoms with van der Waals surface area (Å²) in [4.78, 5) is 18.7. The summed E-state index contributed by atoms with van der Waals surface area (Å²) in [5.41, 5.74) is 2.48. The third kappa shape index (κ3) is 4.32. The van der Waals surface area contributed by atoms with Crippen LogP contribution in [0.15, 0.2) is 28.9 Å². The van der Waals surface area contributed by atoms with Gasteiger partial charge in [-0.05, 0) is 49.6 Å². The highest BCUT2D eigenvalue weighted by Gasteiger charge is 2.22. The standard InChI is InChI=1S/C17H22N2O2S2/c1-5-19(6-2)13-9-8-12(15(11-13)21-4)10-14-16(20)23-17(18-14)22-7-3/h8-11H,5-7H2,1-4H3/b14-10-. The molecule has 1 aliphatic rings. The van der Waals surface area contributed by atoms with Crippen molar-refractivity contribution < 1.29 is 9.53 Å². The zero-order valence-corrected chi connectivity index (χ0v) is 15.6. The van der Waals surface area contributed by atoms with Crippen LogP contribution in [0, 0.1) is 0 Å². The minimum atomic E-state index is -0.00387. The summed E-state index contributed by atoms with van der Waals surface area (Å²) in [6.45, 7) is 8.19. The van der Waals surface area contributed by atoms with Crippen molar-refractivity contribution in [3.63, 3.8) is 0 Å². The molecule has 23 heavy (non-hydrogen) atoms. The van der Waals surface area contributed by atoms with Gasteiger partial charge in [0.25, 0.3) is 0 Å². The summed E-state index contributed by atoms with van der Waals surface area (Å²) >= 11 is 2.80. The van der Waals surface area contributed by atoms with Gasteiger partial charge in [-0.25, -0.2) is 4.99 Å². The molecule has 1 aliphatic heterocycles. The van der Waals surface area contributed by atoms with Crippen molar-refractivity contribution in [2.45, 2.75) is 20.8 Å². The molecule has 0 aromatic heterocycles. The SMILES string of the molecule is CCSC1=N/C(=C\c2ccc(N(CC)CC)cc2OC)C(=O)S1. The number of hydrogen-bond donors (Lipinski definition) is 0. The van der Waals surface area contributed by atoms with Crippen molar-refractivity contribution in [3.8, 4) is 5.75 Å². The second kappa shape index (κ2) is 8.45. The quantitative estimate of drug-likeness (QED) is 0.717. The van der Waals surface area contributed by atoms with E-state index in [1.807, 2.05) is 18.2 Å². The Hall–Kier alpha value is -1.40. The van der Waals surface area contributed by atoms with Gasteiger partial charge in [0.2, 0.25) is 5.12 Å². The van der Waals surface area contributed by atoms with Gasteiger partial charge >= 0.3 is 0 Å². The highest BCUT2D eigenvalue weighted by atomic mass is 32.2. The van der Waals surface area contributed by atoms with Crippen LogP contribution >= 0.6 is 23.5 Å². The minimum Gasteiger partial charge on any atom is -0.496 e. The number of carbonyl (C=O) groups excluding carboxylic acids is 1. The van der Waals surface area contributed by atoms with Crippen LogP contribution in [0.1, 0.15) is 26.3 Å². The highest BCUT2D eigenvalue weighted by molar-refractivity contribution is 8.45. The second-order valence-electron chi connectivity index (χ2n) is 4.83. The Balaban J connectivity index is 2.33. The number of anilines is 1. The largest absolute Gasteiger partial charge is 0.496 e. The maximum atomic E-state index is 12.0. The first-order valence-electron chi connectivity index (χ1n) is 7.71. The first-order valence-corrected chi connectivity index (χ1v) is 9.51. The van der Waals surface area contributed by atoms with E-state index in [1.54, 1.807) is 18.9 Å². The lowest BCUT2D eigenvalue weighted by molar-refractivity contribution is -0.107. The predicted molar refractivity (Wildman–Crippen MR) is 103 cm³/mol. The average Bonchev–Trinajstić information content (AvgIpc) is 2.89. The maximum Gasteiger partial charge on any atom is 0.244 e. The fraction of sp³-hybridized carbons (Fsp3) is 0.412. The van der Waals surface area contributed by atoms with Crippen LogP contribution in [-0.4, -0.2) is 35.4 Å². The number of thioether (sulfide) groups is 2. The topological polar surface area (TPSA) is 41.9 Å². The molecule has 4 nitrogen and oxygen atoms in total. The lowest BCUT2D eigenvalue weighted by Gasteiger charge is -2.22. The van der Waals surface area contributed by atoms with Crippen LogP contribution < -0.4 is 9.64 Å². The van der Waals surface area contributed by atoms with Crippen LogP contribution in [-0.2, 0) is 4.79 Å². The molecule has 0 saturated carbocycles. The van der Waals surface area contributed by atoms with Crippen molar-refractivity contribution in [2.75, 3.05) is 30.9 Å². The fourth-order valence-electron chi connectivity index (χ4n) is 2.33. The third-order valence-electron chi connectivity index (χ3n) is 3.51. The van der Waals surface area contributed by atoms with Gasteiger partial charge in [0.15, 0.2) is 0 Å². The number of carbonyl (C=O) groups is 1. The molecule has 1 heterocycles. The third-order valence-corrected chi connectivity index (χ3v) is 5.40. The van der Waals surface area contributed by atoms with Crippen LogP contribution in [0.5, 0.6) is 5.75 Å². The van der Waals surface area contributed by atoms with Crippen molar-refractivity contribution >= 4 is 44.8 Å². The highest BCUT2D eigenvalue weighted by Crippen LogP contribution is 2.33. The molecule has 0 spiro atoms. The van der Waals surface area contributed by atoms with Gasteiger partial charge in [0, 0.05) is 30.4 Å².